The number of halogens is 1. The van der Waals surface area contributed by atoms with Crippen LogP contribution in [0, 0.1) is 12.7 Å². The summed E-state index contributed by atoms with van der Waals surface area (Å²) in [6, 6.07) is 6.31. The Morgan fingerprint density at radius 1 is 1.42 bits per heavy atom. The molecule has 19 heavy (non-hydrogen) atoms. The second kappa shape index (κ2) is 5.95. The van der Waals surface area contributed by atoms with Gasteiger partial charge in [0.1, 0.15) is 5.82 Å². The van der Waals surface area contributed by atoms with Gasteiger partial charge in [-0.05, 0) is 31.2 Å². The van der Waals surface area contributed by atoms with Crippen molar-refractivity contribution in [3.8, 4) is 0 Å². The molecule has 0 aliphatic rings. The van der Waals surface area contributed by atoms with Gasteiger partial charge in [0, 0.05) is 30.4 Å². The van der Waals surface area contributed by atoms with Gasteiger partial charge in [0.15, 0.2) is 0 Å². The predicted octanol–water partition coefficient (Wildman–Crippen LogP) is 2.10. The van der Waals surface area contributed by atoms with Crippen LogP contribution in [0.25, 0.3) is 10.9 Å². The first-order valence-electron chi connectivity index (χ1n) is 6.08. The minimum atomic E-state index is -0.609. The molecular weight excluding hydrogens is 247 g/mol. The molecule has 1 heterocycles. The first kappa shape index (κ1) is 13.7. The Balaban J connectivity index is 2.28. The summed E-state index contributed by atoms with van der Waals surface area (Å²) in [6.45, 7) is 2.46. The van der Waals surface area contributed by atoms with Crippen molar-refractivity contribution in [3.63, 3.8) is 0 Å². The number of ether oxygens (including phenoxy) is 1. The molecule has 1 unspecified atom stereocenters. The average molecular weight is 264 g/mol. The van der Waals surface area contributed by atoms with Gasteiger partial charge in [-0.3, -0.25) is 4.98 Å². The molecule has 102 valence electrons. The van der Waals surface area contributed by atoms with Crippen molar-refractivity contribution in [1.82, 2.24) is 4.98 Å². The highest BCUT2D eigenvalue weighted by Gasteiger charge is 2.08. The third kappa shape index (κ3) is 3.39. The highest BCUT2D eigenvalue weighted by molar-refractivity contribution is 5.91. The van der Waals surface area contributed by atoms with Crippen LogP contribution in [0.4, 0.5) is 10.1 Å². The maximum absolute atomic E-state index is 13.3. The van der Waals surface area contributed by atoms with Crippen molar-refractivity contribution in [2.45, 2.75) is 13.0 Å². The van der Waals surface area contributed by atoms with Crippen LogP contribution in [-0.2, 0) is 4.74 Å². The SMILES string of the molecule is COCC(O)CNc1cc(C)nc2ccc(F)cc12. The summed E-state index contributed by atoms with van der Waals surface area (Å²) >= 11 is 0. The fourth-order valence-corrected chi connectivity index (χ4v) is 1.96. The second-order valence-corrected chi connectivity index (χ2v) is 4.46. The van der Waals surface area contributed by atoms with Gasteiger partial charge in [0.05, 0.1) is 18.2 Å². The zero-order valence-corrected chi connectivity index (χ0v) is 11.0. The lowest BCUT2D eigenvalue weighted by molar-refractivity contribution is 0.0728. The molecule has 0 saturated carbocycles. The molecule has 0 amide bonds. The maximum Gasteiger partial charge on any atom is 0.124 e. The van der Waals surface area contributed by atoms with E-state index in [0.29, 0.717) is 11.9 Å². The van der Waals surface area contributed by atoms with E-state index >= 15 is 0 Å². The van der Waals surface area contributed by atoms with Crippen LogP contribution in [-0.4, -0.2) is 36.5 Å². The number of aliphatic hydroxyl groups excluding tert-OH is 1. The molecule has 0 saturated heterocycles. The zero-order valence-electron chi connectivity index (χ0n) is 11.0. The van der Waals surface area contributed by atoms with Crippen molar-refractivity contribution in [1.29, 1.82) is 0 Å². The van der Waals surface area contributed by atoms with Gasteiger partial charge in [0.25, 0.3) is 0 Å². The van der Waals surface area contributed by atoms with E-state index in [9.17, 15) is 9.50 Å². The Hall–Kier alpha value is -1.72. The van der Waals surface area contributed by atoms with Crippen LogP contribution in [0.3, 0.4) is 0 Å². The first-order valence-corrected chi connectivity index (χ1v) is 6.08. The van der Waals surface area contributed by atoms with E-state index < -0.39 is 6.10 Å². The molecule has 5 heteroatoms. The standard InChI is InChI=1S/C14H17FN2O2/c1-9-5-14(16-7-11(18)8-19-2)12-6-10(15)3-4-13(12)17-9/h3-6,11,18H,7-8H2,1-2H3,(H,16,17). The number of benzene rings is 1. The molecule has 4 nitrogen and oxygen atoms in total. The third-order valence-electron chi connectivity index (χ3n) is 2.79. The molecule has 2 aromatic rings. The van der Waals surface area contributed by atoms with Crippen molar-refractivity contribution in [3.05, 3.63) is 35.8 Å². The average Bonchev–Trinajstić information content (AvgIpc) is 2.37. The number of anilines is 1. The van der Waals surface area contributed by atoms with Crippen LogP contribution in [0.15, 0.2) is 24.3 Å². The Labute approximate surface area is 111 Å². The number of nitrogens with one attached hydrogen (secondary N) is 1. The van der Waals surface area contributed by atoms with E-state index in [4.69, 9.17) is 4.74 Å². The first-order chi connectivity index (χ1) is 9.10. The van der Waals surface area contributed by atoms with Crippen LogP contribution in [0.1, 0.15) is 5.69 Å². The number of rotatable bonds is 5. The number of pyridine rings is 1. The van der Waals surface area contributed by atoms with Crippen molar-refractivity contribution < 1.29 is 14.2 Å². The minimum Gasteiger partial charge on any atom is -0.389 e. The molecular formula is C14H17FN2O2. The van der Waals surface area contributed by atoms with Crippen LogP contribution < -0.4 is 5.32 Å². The topological polar surface area (TPSA) is 54.4 Å². The molecule has 1 aromatic heterocycles. The van der Waals surface area contributed by atoms with Gasteiger partial charge in [0.2, 0.25) is 0 Å². The Morgan fingerprint density at radius 2 is 2.21 bits per heavy atom. The van der Waals surface area contributed by atoms with Gasteiger partial charge in [-0.1, -0.05) is 0 Å². The highest BCUT2D eigenvalue weighted by Crippen LogP contribution is 2.24. The van der Waals surface area contributed by atoms with Crippen molar-refractivity contribution in [2.75, 3.05) is 25.6 Å². The van der Waals surface area contributed by atoms with E-state index in [1.54, 1.807) is 6.07 Å². The van der Waals surface area contributed by atoms with E-state index in [0.717, 1.165) is 16.9 Å². The number of aryl methyl sites for hydroxylation is 1. The molecule has 0 radical (unpaired) electrons. The summed E-state index contributed by atoms with van der Waals surface area (Å²) in [4.78, 5) is 4.35. The smallest absolute Gasteiger partial charge is 0.124 e. The monoisotopic (exact) mass is 264 g/mol. The summed E-state index contributed by atoms with van der Waals surface area (Å²) in [5.41, 5.74) is 2.32. The van der Waals surface area contributed by atoms with Crippen molar-refractivity contribution in [2.24, 2.45) is 0 Å². The predicted molar refractivity (Wildman–Crippen MR) is 72.8 cm³/mol. The van der Waals surface area contributed by atoms with E-state index in [-0.39, 0.29) is 12.4 Å². The van der Waals surface area contributed by atoms with E-state index in [2.05, 4.69) is 10.3 Å². The second-order valence-electron chi connectivity index (χ2n) is 4.46. The molecule has 0 aliphatic heterocycles. The molecule has 2 rings (SSSR count). The number of hydrogen-bond donors (Lipinski definition) is 2. The molecule has 0 spiro atoms. The lowest BCUT2D eigenvalue weighted by Gasteiger charge is -2.14. The Bertz CT molecular complexity index is 575. The number of fused-ring (bicyclic) bond motifs is 1. The molecule has 0 aliphatic carbocycles. The summed E-state index contributed by atoms with van der Waals surface area (Å²) in [5, 5.41) is 13.4. The summed E-state index contributed by atoms with van der Waals surface area (Å²) < 4.78 is 18.2. The van der Waals surface area contributed by atoms with E-state index in [1.807, 2.05) is 13.0 Å². The molecule has 0 bridgehead atoms. The van der Waals surface area contributed by atoms with E-state index in [1.165, 1.54) is 19.2 Å². The Kier molecular flexibility index (Phi) is 4.29. The molecule has 2 N–H and O–H groups in total. The fourth-order valence-electron chi connectivity index (χ4n) is 1.96. The zero-order chi connectivity index (χ0) is 13.8. The number of aromatic nitrogens is 1. The molecule has 1 atom stereocenters. The number of aliphatic hydroxyl groups is 1. The minimum absolute atomic E-state index is 0.253. The molecule has 1 aromatic carbocycles. The number of hydrogen-bond acceptors (Lipinski definition) is 4. The van der Waals surface area contributed by atoms with Gasteiger partial charge in [-0.15, -0.1) is 0 Å². The lowest BCUT2D eigenvalue weighted by atomic mass is 10.1. The molecule has 0 fully saturated rings. The summed E-state index contributed by atoms with van der Waals surface area (Å²) in [7, 11) is 1.53. The van der Waals surface area contributed by atoms with Crippen LogP contribution in [0.2, 0.25) is 0 Å². The van der Waals surface area contributed by atoms with Gasteiger partial charge < -0.3 is 15.2 Å². The normalized spacial score (nSPS) is 12.6. The third-order valence-corrected chi connectivity index (χ3v) is 2.79. The van der Waals surface area contributed by atoms with Crippen molar-refractivity contribution >= 4 is 16.6 Å². The van der Waals surface area contributed by atoms with Gasteiger partial charge in [-0.2, -0.15) is 0 Å². The number of nitrogens with zero attached hydrogens (tertiary/aromatic N) is 1. The quantitative estimate of drug-likeness (QED) is 0.868. The fraction of sp³-hybridized carbons (Fsp3) is 0.357. The highest BCUT2D eigenvalue weighted by atomic mass is 19.1. The van der Waals surface area contributed by atoms with Gasteiger partial charge >= 0.3 is 0 Å². The van der Waals surface area contributed by atoms with Gasteiger partial charge in [-0.25, -0.2) is 4.39 Å². The largest absolute Gasteiger partial charge is 0.389 e. The maximum atomic E-state index is 13.3. The summed E-state index contributed by atoms with van der Waals surface area (Å²) in [6.07, 6.45) is -0.609. The number of methoxy groups -OCH3 is 1. The van der Waals surface area contributed by atoms with Crippen LogP contribution in [0.5, 0.6) is 0 Å². The lowest BCUT2D eigenvalue weighted by Crippen LogP contribution is -2.24. The van der Waals surface area contributed by atoms with Crippen LogP contribution >= 0.6 is 0 Å². The summed E-state index contributed by atoms with van der Waals surface area (Å²) in [5.74, 6) is -0.307. The Morgan fingerprint density at radius 3 is 2.95 bits per heavy atom.